The Labute approximate surface area is 147 Å². The molecule has 0 aromatic carbocycles. The van der Waals surface area contributed by atoms with Crippen molar-refractivity contribution in [3.8, 4) is 0 Å². The molecule has 2 heterocycles. The summed E-state index contributed by atoms with van der Waals surface area (Å²) in [5, 5.41) is 8.63. The van der Waals surface area contributed by atoms with Gasteiger partial charge >= 0.3 is 0 Å². The maximum atomic E-state index is 5.30. The Morgan fingerprint density at radius 2 is 1.29 bits per heavy atom. The van der Waals surface area contributed by atoms with Crippen molar-refractivity contribution < 1.29 is 0 Å². The monoisotopic (exact) mass is 330 g/mol. The van der Waals surface area contributed by atoms with Gasteiger partial charge in [0.25, 0.3) is 0 Å². The van der Waals surface area contributed by atoms with Gasteiger partial charge in [-0.05, 0) is 45.1 Å². The molecular weight excluding hydrogens is 296 g/mol. The molecule has 0 aromatic heterocycles. The van der Waals surface area contributed by atoms with Crippen LogP contribution in [0.15, 0.2) is 10.1 Å². The molecule has 2 saturated carbocycles. The smallest absolute Gasteiger partial charge is 0.149 e. The van der Waals surface area contributed by atoms with Crippen LogP contribution >= 0.6 is 0 Å². The van der Waals surface area contributed by atoms with Crippen molar-refractivity contribution in [3.05, 3.63) is 0 Å². The van der Waals surface area contributed by atoms with Crippen molar-refractivity contribution in [3.63, 3.8) is 0 Å². The Kier molecular flexibility index (Phi) is 5.51. The second-order valence-electron chi connectivity index (χ2n) is 8.31. The molecule has 0 radical (unpaired) electrons. The lowest BCUT2D eigenvalue weighted by Crippen LogP contribution is -2.51. The molecule has 2 N–H and O–H groups in total. The van der Waals surface area contributed by atoms with Crippen molar-refractivity contribution in [2.75, 3.05) is 6.54 Å². The molecule has 4 heteroatoms. The van der Waals surface area contributed by atoms with Crippen molar-refractivity contribution in [1.82, 2.24) is 10.7 Å². The average Bonchev–Trinajstić information content (AvgIpc) is 2.69. The van der Waals surface area contributed by atoms with Crippen LogP contribution in [0.5, 0.6) is 0 Å². The van der Waals surface area contributed by atoms with Crippen molar-refractivity contribution in [1.29, 1.82) is 0 Å². The Bertz CT molecular complexity index is 466. The summed E-state index contributed by atoms with van der Waals surface area (Å²) >= 11 is 0. The molecular formula is C20H34N4. The first kappa shape index (κ1) is 16.6. The van der Waals surface area contributed by atoms with E-state index < -0.39 is 0 Å². The van der Waals surface area contributed by atoms with E-state index in [0.717, 1.165) is 6.54 Å². The molecule has 4 nitrogen and oxygen atoms in total. The number of aliphatic imine (C=N–C) groups is 1. The third-order valence-electron chi connectivity index (χ3n) is 6.57. The molecule has 4 aliphatic rings. The zero-order valence-electron chi connectivity index (χ0n) is 15.1. The zero-order valence-corrected chi connectivity index (χ0v) is 15.1. The SMILES string of the molecule is C1CCC(C2=NNC(C3CCCCN3)N=C2C2CCCCC2)CC1. The highest BCUT2D eigenvalue weighted by atomic mass is 15.4. The summed E-state index contributed by atoms with van der Waals surface area (Å²) in [5.41, 5.74) is 6.19. The number of hydrogen-bond acceptors (Lipinski definition) is 4. The first-order valence-corrected chi connectivity index (χ1v) is 10.6. The molecule has 2 unspecified atom stereocenters. The summed E-state index contributed by atoms with van der Waals surface area (Å²) in [6, 6.07) is 0.467. The van der Waals surface area contributed by atoms with Crippen LogP contribution in [0, 0.1) is 11.8 Å². The Balaban J connectivity index is 1.54. The lowest BCUT2D eigenvalue weighted by atomic mass is 9.77. The third kappa shape index (κ3) is 3.68. The number of hydrogen-bond donors (Lipinski definition) is 2. The van der Waals surface area contributed by atoms with E-state index in [9.17, 15) is 0 Å². The van der Waals surface area contributed by atoms with Gasteiger partial charge in [-0.1, -0.05) is 44.9 Å². The predicted octanol–water partition coefficient (Wildman–Crippen LogP) is 4.02. The van der Waals surface area contributed by atoms with Gasteiger partial charge in [-0.15, -0.1) is 0 Å². The summed E-state index contributed by atoms with van der Waals surface area (Å²) < 4.78 is 0. The van der Waals surface area contributed by atoms with E-state index in [2.05, 4.69) is 10.7 Å². The summed E-state index contributed by atoms with van der Waals surface area (Å²) in [5.74, 6) is 1.33. The van der Waals surface area contributed by atoms with Crippen molar-refractivity contribution in [2.24, 2.45) is 21.9 Å². The fourth-order valence-corrected chi connectivity index (χ4v) is 5.13. The van der Waals surface area contributed by atoms with Crippen LogP contribution in [-0.4, -0.2) is 30.2 Å². The van der Waals surface area contributed by atoms with E-state index in [0.29, 0.717) is 17.9 Å². The van der Waals surface area contributed by atoms with Crippen LogP contribution in [0.2, 0.25) is 0 Å². The third-order valence-corrected chi connectivity index (χ3v) is 6.57. The van der Waals surface area contributed by atoms with Crippen LogP contribution in [0.25, 0.3) is 0 Å². The van der Waals surface area contributed by atoms with Crippen LogP contribution in [0.3, 0.4) is 0 Å². The van der Waals surface area contributed by atoms with Crippen LogP contribution < -0.4 is 10.7 Å². The Morgan fingerprint density at radius 1 is 0.667 bits per heavy atom. The normalized spacial score (nSPS) is 33.5. The molecule has 0 amide bonds. The van der Waals surface area contributed by atoms with E-state index in [1.807, 2.05) is 0 Å². The summed E-state index contributed by atoms with van der Waals surface area (Å²) in [7, 11) is 0. The van der Waals surface area contributed by atoms with Gasteiger partial charge in [-0.3, -0.25) is 10.4 Å². The van der Waals surface area contributed by atoms with Crippen molar-refractivity contribution >= 4 is 11.4 Å². The van der Waals surface area contributed by atoms with E-state index in [1.165, 1.54) is 94.9 Å². The van der Waals surface area contributed by atoms with Crippen LogP contribution in [-0.2, 0) is 0 Å². The number of rotatable bonds is 3. The topological polar surface area (TPSA) is 48.8 Å². The second kappa shape index (κ2) is 7.99. The quantitative estimate of drug-likeness (QED) is 0.821. The highest BCUT2D eigenvalue weighted by Crippen LogP contribution is 2.32. The summed E-state index contributed by atoms with van der Waals surface area (Å²) in [6.07, 6.45) is 17.6. The Hall–Kier alpha value is -0.900. The van der Waals surface area contributed by atoms with E-state index in [-0.39, 0.29) is 6.17 Å². The second-order valence-corrected chi connectivity index (χ2v) is 8.31. The maximum Gasteiger partial charge on any atom is 0.149 e. The lowest BCUT2D eigenvalue weighted by molar-refractivity contribution is 0.314. The fourth-order valence-electron chi connectivity index (χ4n) is 5.13. The van der Waals surface area contributed by atoms with Gasteiger partial charge in [0.15, 0.2) is 0 Å². The van der Waals surface area contributed by atoms with Crippen LogP contribution in [0.4, 0.5) is 0 Å². The van der Waals surface area contributed by atoms with Gasteiger partial charge in [-0.2, -0.15) is 5.10 Å². The first-order valence-electron chi connectivity index (χ1n) is 10.6. The molecule has 2 aliphatic carbocycles. The largest absolute Gasteiger partial charge is 0.310 e. The average molecular weight is 331 g/mol. The summed E-state index contributed by atoms with van der Waals surface area (Å²) in [4.78, 5) is 5.30. The lowest BCUT2D eigenvalue weighted by Gasteiger charge is -2.36. The van der Waals surface area contributed by atoms with Gasteiger partial charge in [0.05, 0.1) is 11.4 Å². The van der Waals surface area contributed by atoms with Gasteiger partial charge in [0.2, 0.25) is 0 Å². The number of nitrogens with zero attached hydrogens (tertiary/aromatic N) is 2. The number of nitrogens with one attached hydrogen (secondary N) is 2. The first-order chi connectivity index (χ1) is 11.9. The molecule has 24 heavy (non-hydrogen) atoms. The van der Waals surface area contributed by atoms with Crippen LogP contribution in [0.1, 0.15) is 83.5 Å². The highest BCUT2D eigenvalue weighted by Gasteiger charge is 2.34. The highest BCUT2D eigenvalue weighted by molar-refractivity contribution is 6.44. The molecule has 4 rings (SSSR count). The van der Waals surface area contributed by atoms with Gasteiger partial charge in [0, 0.05) is 17.9 Å². The Morgan fingerprint density at radius 3 is 1.92 bits per heavy atom. The predicted molar refractivity (Wildman–Crippen MR) is 101 cm³/mol. The molecule has 0 spiro atoms. The van der Waals surface area contributed by atoms with E-state index >= 15 is 0 Å². The van der Waals surface area contributed by atoms with Gasteiger partial charge < -0.3 is 5.32 Å². The molecule has 0 aromatic rings. The van der Waals surface area contributed by atoms with E-state index in [4.69, 9.17) is 10.1 Å². The number of hydrazone groups is 1. The molecule has 3 fully saturated rings. The van der Waals surface area contributed by atoms with Crippen molar-refractivity contribution in [2.45, 2.75) is 95.7 Å². The number of piperidine rings is 1. The molecule has 1 saturated heterocycles. The minimum atomic E-state index is 0.162. The molecule has 134 valence electrons. The molecule has 2 aliphatic heterocycles. The van der Waals surface area contributed by atoms with Gasteiger partial charge in [-0.25, -0.2) is 0 Å². The zero-order chi connectivity index (χ0) is 16.2. The minimum Gasteiger partial charge on any atom is -0.310 e. The van der Waals surface area contributed by atoms with E-state index in [1.54, 1.807) is 0 Å². The maximum absolute atomic E-state index is 5.30. The summed E-state index contributed by atoms with van der Waals surface area (Å²) in [6.45, 7) is 1.14. The fraction of sp³-hybridized carbons (Fsp3) is 0.900. The van der Waals surface area contributed by atoms with Gasteiger partial charge in [0.1, 0.15) is 6.17 Å². The standard InChI is InChI=1S/C20H34N4/c1-3-9-15(10-4-1)18-19(16-11-5-2-6-12-16)23-24-20(22-18)17-13-7-8-14-21-17/h15-17,20-21,24H,1-14H2. The molecule has 2 atom stereocenters. The minimum absolute atomic E-state index is 0.162. The molecule has 0 bridgehead atoms.